The van der Waals surface area contributed by atoms with Crippen LogP contribution in [0.25, 0.3) is 0 Å². The van der Waals surface area contributed by atoms with Crippen molar-refractivity contribution in [3.8, 4) is 5.75 Å². The molecule has 0 radical (unpaired) electrons. The monoisotopic (exact) mass is 284 g/mol. The molecule has 1 heterocycles. The third kappa shape index (κ3) is 3.45. The number of nitrogens with two attached hydrogens (primary N) is 1. The van der Waals surface area contributed by atoms with Gasteiger partial charge in [0, 0.05) is 25.4 Å². The number of hydrogen-bond donors (Lipinski definition) is 1. The Hall–Kier alpha value is -1.60. The lowest BCUT2D eigenvalue weighted by Crippen LogP contribution is -2.33. The first kappa shape index (κ1) is 13.8. The smallest absolute Gasteiger partial charge is 0.410 e. The molecule has 1 aromatic carbocycles. The Kier molecular flexibility index (Phi) is 3.77. The summed E-state index contributed by atoms with van der Waals surface area (Å²) in [5.41, 5.74) is 5.71. The van der Waals surface area contributed by atoms with Crippen molar-refractivity contribution in [1.82, 2.24) is 4.90 Å². The van der Waals surface area contributed by atoms with Gasteiger partial charge in [0.25, 0.3) is 0 Å². The van der Waals surface area contributed by atoms with Crippen LogP contribution in [0.4, 0.5) is 4.79 Å². The molecule has 7 heteroatoms. The Balaban J connectivity index is 2.02. The number of amides is 1. The van der Waals surface area contributed by atoms with Crippen molar-refractivity contribution >= 4 is 15.9 Å². The molecule has 6 nitrogen and oxygen atoms in total. The maximum absolute atomic E-state index is 11.8. The molecule has 2 rings (SSSR count). The second kappa shape index (κ2) is 5.18. The van der Waals surface area contributed by atoms with Gasteiger partial charge in [0.15, 0.2) is 9.84 Å². The van der Waals surface area contributed by atoms with Crippen molar-refractivity contribution in [3.05, 3.63) is 24.3 Å². The Morgan fingerprint density at radius 1 is 1.37 bits per heavy atom. The third-order valence-electron chi connectivity index (χ3n) is 2.94. The third-order valence-corrected chi connectivity index (χ3v) is 4.07. The molecule has 1 aliphatic heterocycles. The van der Waals surface area contributed by atoms with Gasteiger partial charge in [0.2, 0.25) is 0 Å². The zero-order valence-corrected chi connectivity index (χ0v) is 11.4. The average molecular weight is 284 g/mol. The fourth-order valence-corrected chi connectivity index (χ4v) is 2.50. The van der Waals surface area contributed by atoms with Gasteiger partial charge >= 0.3 is 6.09 Å². The summed E-state index contributed by atoms with van der Waals surface area (Å²) in [7, 11) is -3.24. The highest BCUT2D eigenvalue weighted by Gasteiger charge is 2.25. The molecular weight excluding hydrogens is 268 g/mol. The van der Waals surface area contributed by atoms with Gasteiger partial charge in [-0.15, -0.1) is 0 Å². The fourth-order valence-electron chi connectivity index (χ4n) is 1.87. The topological polar surface area (TPSA) is 89.7 Å². The molecule has 1 aliphatic rings. The highest BCUT2D eigenvalue weighted by molar-refractivity contribution is 7.90. The summed E-state index contributed by atoms with van der Waals surface area (Å²) < 4.78 is 27.7. The number of hydrogen-bond acceptors (Lipinski definition) is 5. The van der Waals surface area contributed by atoms with Crippen LogP contribution in [0.15, 0.2) is 29.2 Å². The van der Waals surface area contributed by atoms with E-state index in [2.05, 4.69) is 0 Å². The fraction of sp³-hybridized carbons (Fsp3) is 0.417. The van der Waals surface area contributed by atoms with Crippen LogP contribution in [0.1, 0.15) is 6.42 Å². The molecule has 0 bridgehead atoms. The van der Waals surface area contributed by atoms with E-state index < -0.39 is 15.9 Å². The molecular formula is C12H16N2O4S. The zero-order valence-electron chi connectivity index (χ0n) is 10.6. The Morgan fingerprint density at radius 3 is 2.47 bits per heavy atom. The summed E-state index contributed by atoms with van der Waals surface area (Å²) in [5.74, 6) is 0.317. The number of sulfone groups is 1. The van der Waals surface area contributed by atoms with Crippen LogP contribution in [0.5, 0.6) is 5.75 Å². The SMILES string of the molecule is CS(=O)(=O)c1ccc(OC(=O)N2CC[C@@H](N)C2)cc1. The van der Waals surface area contributed by atoms with Gasteiger partial charge in [0.05, 0.1) is 4.90 Å². The highest BCUT2D eigenvalue weighted by atomic mass is 32.2. The van der Waals surface area contributed by atoms with Gasteiger partial charge in [-0.1, -0.05) is 0 Å². The molecule has 1 atom stereocenters. The van der Waals surface area contributed by atoms with Gasteiger partial charge in [0.1, 0.15) is 5.75 Å². The van der Waals surface area contributed by atoms with Crippen molar-refractivity contribution in [2.75, 3.05) is 19.3 Å². The first-order valence-corrected chi connectivity index (χ1v) is 7.78. The van der Waals surface area contributed by atoms with Crippen LogP contribution in [0, 0.1) is 0 Å². The largest absolute Gasteiger partial charge is 0.415 e. The van der Waals surface area contributed by atoms with E-state index in [9.17, 15) is 13.2 Å². The summed E-state index contributed by atoms with van der Waals surface area (Å²) in [5, 5.41) is 0. The number of benzene rings is 1. The molecule has 0 saturated carbocycles. The number of carbonyl (C=O) groups excluding carboxylic acids is 1. The second-order valence-electron chi connectivity index (χ2n) is 4.61. The number of likely N-dealkylation sites (tertiary alicyclic amines) is 1. The summed E-state index contributed by atoms with van der Waals surface area (Å²) in [6, 6.07) is 5.75. The first-order valence-electron chi connectivity index (χ1n) is 5.89. The molecule has 0 unspecified atom stereocenters. The molecule has 19 heavy (non-hydrogen) atoms. The molecule has 2 N–H and O–H groups in total. The van der Waals surface area contributed by atoms with Crippen LogP contribution >= 0.6 is 0 Å². The minimum absolute atomic E-state index is 0.000148. The first-order chi connectivity index (χ1) is 8.86. The molecule has 104 valence electrons. The van der Waals surface area contributed by atoms with Gasteiger partial charge < -0.3 is 15.4 Å². The van der Waals surface area contributed by atoms with Crippen molar-refractivity contribution in [1.29, 1.82) is 0 Å². The number of ether oxygens (including phenoxy) is 1. The predicted octanol–water partition coefficient (Wildman–Crippen LogP) is 0.622. The normalized spacial score (nSPS) is 19.5. The maximum Gasteiger partial charge on any atom is 0.415 e. The highest BCUT2D eigenvalue weighted by Crippen LogP contribution is 2.17. The van der Waals surface area contributed by atoms with E-state index in [-0.39, 0.29) is 10.9 Å². The van der Waals surface area contributed by atoms with Crippen LogP contribution in [0.2, 0.25) is 0 Å². The minimum Gasteiger partial charge on any atom is -0.410 e. The summed E-state index contributed by atoms with van der Waals surface area (Å²) >= 11 is 0. The molecule has 0 aliphatic carbocycles. The number of rotatable bonds is 2. The second-order valence-corrected chi connectivity index (χ2v) is 6.62. The Labute approximate surface area is 112 Å². The van der Waals surface area contributed by atoms with Crippen molar-refractivity contribution in [2.45, 2.75) is 17.4 Å². The molecule has 1 fully saturated rings. The molecule has 1 amide bonds. The van der Waals surface area contributed by atoms with Crippen LogP contribution in [-0.4, -0.2) is 44.8 Å². The van der Waals surface area contributed by atoms with Crippen molar-refractivity contribution in [2.24, 2.45) is 5.73 Å². The molecule has 0 aromatic heterocycles. The Morgan fingerprint density at radius 2 is 2.00 bits per heavy atom. The minimum atomic E-state index is -3.24. The van der Waals surface area contributed by atoms with Gasteiger partial charge in [-0.2, -0.15) is 0 Å². The quantitative estimate of drug-likeness (QED) is 0.860. The zero-order chi connectivity index (χ0) is 14.0. The standard InChI is InChI=1S/C12H16N2O4S/c1-19(16,17)11-4-2-10(3-5-11)18-12(15)14-7-6-9(13)8-14/h2-5,9H,6-8,13H2,1H3/t9-/m1/s1. The number of carbonyl (C=O) groups is 1. The van der Waals surface area contributed by atoms with Gasteiger partial charge in [-0.25, -0.2) is 13.2 Å². The van der Waals surface area contributed by atoms with E-state index in [1.807, 2.05) is 0 Å². The molecule has 1 aromatic rings. The van der Waals surface area contributed by atoms with E-state index in [1.54, 1.807) is 0 Å². The average Bonchev–Trinajstić information content (AvgIpc) is 2.75. The predicted molar refractivity (Wildman–Crippen MR) is 69.7 cm³/mol. The summed E-state index contributed by atoms with van der Waals surface area (Å²) in [4.78, 5) is 13.5. The molecule has 1 saturated heterocycles. The van der Waals surface area contributed by atoms with Crippen LogP contribution in [-0.2, 0) is 9.84 Å². The van der Waals surface area contributed by atoms with E-state index in [0.29, 0.717) is 18.8 Å². The van der Waals surface area contributed by atoms with Gasteiger partial charge in [-0.3, -0.25) is 0 Å². The van der Waals surface area contributed by atoms with Crippen molar-refractivity contribution in [3.63, 3.8) is 0 Å². The van der Waals surface area contributed by atoms with Crippen LogP contribution < -0.4 is 10.5 Å². The van der Waals surface area contributed by atoms with Gasteiger partial charge in [-0.05, 0) is 30.7 Å². The van der Waals surface area contributed by atoms with E-state index in [4.69, 9.17) is 10.5 Å². The Bertz CT molecular complexity index is 568. The lowest BCUT2D eigenvalue weighted by molar-refractivity contribution is 0.162. The van der Waals surface area contributed by atoms with E-state index in [1.165, 1.54) is 29.2 Å². The lowest BCUT2D eigenvalue weighted by atomic mass is 10.3. The van der Waals surface area contributed by atoms with E-state index in [0.717, 1.165) is 12.7 Å². The summed E-state index contributed by atoms with van der Waals surface area (Å²) in [6.45, 7) is 1.07. The lowest BCUT2D eigenvalue weighted by Gasteiger charge is -2.15. The van der Waals surface area contributed by atoms with Crippen LogP contribution in [0.3, 0.4) is 0 Å². The van der Waals surface area contributed by atoms with E-state index >= 15 is 0 Å². The summed E-state index contributed by atoms with van der Waals surface area (Å²) in [6.07, 6.45) is 1.43. The van der Waals surface area contributed by atoms with Crippen molar-refractivity contribution < 1.29 is 17.9 Å². The molecule has 0 spiro atoms. The number of nitrogens with zero attached hydrogens (tertiary/aromatic N) is 1. The maximum atomic E-state index is 11.8.